The summed E-state index contributed by atoms with van der Waals surface area (Å²) in [5.74, 6) is 4.24. The van der Waals surface area contributed by atoms with Gasteiger partial charge in [-0.2, -0.15) is 11.8 Å². The monoisotopic (exact) mass is 281 g/mol. The zero-order chi connectivity index (χ0) is 13.5. The molecule has 0 unspecified atom stereocenters. The van der Waals surface area contributed by atoms with E-state index in [1.165, 1.54) is 29.9 Å². The summed E-state index contributed by atoms with van der Waals surface area (Å²) in [5, 5.41) is 3.63. The predicted molar refractivity (Wildman–Crippen MR) is 81.3 cm³/mol. The van der Waals surface area contributed by atoms with E-state index in [1.54, 1.807) is 7.11 Å². The van der Waals surface area contributed by atoms with Crippen LogP contribution in [0.2, 0.25) is 0 Å². The number of ether oxygens (including phenoxy) is 2. The fraction of sp³-hybridized carbons (Fsp3) is 0.600. The van der Waals surface area contributed by atoms with E-state index in [4.69, 9.17) is 9.47 Å². The highest BCUT2D eigenvalue weighted by Crippen LogP contribution is 2.31. The average Bonchev–Trinajstić information content (AvgIpc) is 2.46. The van der Waals surface area contributed by atoms with Crippen LogP contribution in [0.5, 0.6) is 11.5 Å². The number of hydrogen-bond donors (Lipinski definition) is 1. The molecule has 0 spiro atoms. The Hall–Kier alpha value is -0.870. The molecular formula is C15H23NO2S. The standard InChI is InChI=1S/C15H23NO2S/c1-3-18-14-6-4-5-12(15(14)17-2)11-16-13-7-9-19-10-8-13/h4-6,13,16H,3,7-11H2,1-2H3. The van der Waals surface area contributed by atoms with Crippen LogP contribution in [-0.2, 0) is 6.54 Å². The summed E-state index contributed by atoms with van der Waals surface area (Å²) in [5.41, 5.74) is 1.17. The number of hydrogen-bond acceptors (Lipinski definition) is 4. The molecular weight excluding hydrogens is 258 g/mol. The van der Waals surface area contributed by atoms with Crippen LogP contribution in [-0.4, -0.2) is 31.3 Å². The second-order valence-corrected chi connectivity index (χ2v) is 5.87. The van der Waals surface area contributed by atoms with E-state index in [0.29, 0.717) is 12.6 Å². The van der Waals surface area contributed by atoms with Crippen LogP contribution >= 0.6 is 11.8 Å². The van der Waals surface area contributed by atoms with Gasteiger partial charge in [0.2, 0.25) is 0 Å². The van der Waals surface area contributed by atoms with Crippen LogP contribution in [0, 0.1) is 0 Å². The van der Waals surface area contributed by atoms with Gasteiger partial charge in [-0.1, -0.05) is 12.1 Å². The number of nitrogens with one attached hydrogen (secondary N) is 1. The lowest BCUT2D eigenvalue weighted by Crippen LogP contribution is -2.32. The van der Waals surface area contributed by atoms with Gasteiger partial charge in [0, 0.05) is 18.2 Å². The SMILES string of the molecule is CCOc1cccc(CNC2CCSCC2)c1OC. The minimum Gasteiger partial charge on any atom is -0.493 e. The van der Waals surface area contributed by atoms with Crippen LogP contribution in [0.4, 0.5) is 0 Å². The summed E-state index contributed by atoms with van der Waals surface area (Å²) in [6.07, 6.45) is 2.52. The Morgan fingerprint density at radius 3 is 2.79 bits per heavy atom. The third-order valence-corrected chi connectivity index (χ3v) is 4.42. The first kappa shape index (κ1) is 14.5. The topological polar surface area (TPSA) is 30.5 Å². The van der Waals surface area contributed by atoms with Crippen molar-refractivity contribution >= 4 is 11.8 Å². The average molecular weight is 281 g/mol. The highest BCUT2D eigenvalue weighted by molar-refractivity contribution is 7.99. The Bertz CT molecular complexity index is 392. The maximum absolute atomic E-state index is 5.60. The molecule has 2 rings (SSSR count). The van der Waals surface area contributed by atoms with Gasteiger partial charge in [0.25, 0.3) is 0 Å². The number of para-hydroxylation sites is 1. The second-order valence-electron chi connectivity index (χ2n) is 4.65. The normalized spacial score (nSPS) is 16.3. The van der Waals surface area contributed by atoms with Crippen molar-refractivity contribution in [3.05, 3.63) is 23.8 Å². The van der Waals surface area contributed by atoms with Crippen LogP contribution < -0.4 is 14.8 Å². The summed E-state index contributed by atoms with van der Waals surface area (Å²) >= 11 is 2.05. The summed E-state index contributed by atoms with van der Waals surface area (Å²) in [6.45, 7) is 3.50. The van der Waals surface area contributed by atoms with Gasteiger partial charge < -0.3 is 14.8 Å². The second kappa shape index (κ2) is 7.65. The lowest BCUT2D eigenvalue weighted by molar-refractivity contribution is 0.308. The summed E-state index contributed by atoms with van der Waals surface area (Å²) in [7, 11) is 1.71. The number of methoxy groups -OCH3 is 1. The van der Waals surface area contributed by atoms with E-state index >= 15 is 0 Å². The van der Waals surface area contributed by atoms with E-state index in [2.05, 4.69) is 23.1 Å². The molecule has 0 atom stereocenters. The third kappa shape index (κ3) is 4.05. The molecule has 1 fully saturated rings. The van der Waals surface area contributed by atoms with Crippen LogP contribution in [0.15, 0.2) is 18.2 Å². The van der Waals surface area contributed by atoms with Gasteiger partial charge >= 0.3 is 0 Å². The molecule has 0 radical (unpaired) electrons. The maximum Gasteiger partial charge on any atom is 0.165 e. The van der Waals surface area contributed by atoms with E-state index in [0.717, 1.165) is 18.0 Å². The first-order chi connectivity index (χ1) is 9.35. The van der Waals surface area contributed by atoms with Crippen LogP contribution in [0.3, 0.4) is 0 Å². The summed E-state index contributed by atoms with van der Waals surface area (Å²) < 4.78 is 11.1. The fourth-order valence-electron chi connectivity index (χ4n) is 2.36. The Balaban J connectivity index is 2.00. The number of rotatable bonds is 6. The van der Waals surface area contributed by atoms with Gasteiger partial charge in [-0.3, -0.25) is 0 Å². The Labute approximate surface area is 120 Å². The number of benzene rings is 1. The molecule has 0 aliphatic carbocycles. The molecule has 1 aliphatic rings. The molecule has 19 heavy (non-hydrogen) atoms. The van der Waals surface area contributed by atoms with Crippen LogP contribution in [0.1, 0.15) is 25.3 Å². The van der Waals surface area contributed by atoms with E-state index in [-0.39, 0.29) is 0 Å². The molecule has 1 saturated heterocycles. The fourth-order valence-corrected chi connectivity index (χ4v) is 3.46. The third-order valence-electron chi connectivity index (χ3n) is 3.37. The zero-order valence-electron chi connectivity index (χ0n) is 11.8. The molecule has 0 bridgehead atoms. The zero-order valence-corrected chi connectivity index (χ0v) is 12.6. The molecule has 1 aromatic rings. The predicted octanol–water partition coefficient (Wildman–Crippen LogP) is 3.08. The molecule has 4 heteroatoms. The van der Waals surface area contributed by atoms with Gasteiger partial charge in [0.05, 0.1) is 13.7 Å². The first-order valence-electron chi connectivity index (χ1n) is 6.95. The van der Waals surface area contributed by atoms with Crippen molar-refractivity contribution in [3.8, 4) is 11.5 Å². The van der Waals surface area contributed by atoms with Crippen LogP contribution in [0.25, 0.3) is 0 Å². The van der Waals surface area contributed by atoms with Gasteiger partial charge in [-0.25, -0.2) is 0 Å². The van der Waals surface area contributed by atoms with Crippen molar-refractivity contribution in [2.75, 3.05) is 25.2 Å². The minimum absolute atomic E-state index is 0.640. The van der Waals surface area contributed by atoms with Crippen molar-refractivity contribution in [3.63, 3.8) is 0 Å². The first-order valence-corrected chi connectivity index (χ1v) is 8.10. The molecule has 1 aromatic carbocycles. The molecule has 0 saturated carbocycles. The van der Waals surface area contributed by atoms with E-state index < -0.39 is 0 Å². The Kier molecular flexibility index (Phi) is 5.86. The highest BCUT2D eigenvalue weighted by atomic mass is 32.2. The minimum atomic E-state index is 0.640. The molecule has 0 aromatic heterocycles. The van der Waals surface area contributed by atoms with E-state index in [9.17, 15) is 0 Å². The molecule has 1 heterocycles. The van der Waals surface area contributed by atoms with Crippen molar-refractivity contribution in [1.29, 1.82) is 0 Å². The number of thioether (sulfide) groups is 1. The summed E-state index contributed by atoms with van der Waals surface area (Å²) in [6, 6.07) is 6.73. The summed E-state index contributed by atoms with van der Waals surface area (Å²) in [4.78, 5) is 0. The van der Waals surface area contributed by atoms with Gasteiger partial charge in [0.1, 0.15) is 0 Å². The van der Waals surface area contributed by atoms with Gasteiger partial charge in [0.15, 0.2) is 11.5 Å². The molecule has 3 nitrogen and oxygen atoms in total. The maximum atomic E-state index is 5.60. The molecule has 106 valence electrons. The highest BCUT2D eigenvalue weighted by Gasteiger charge is 2.15. The molecule has 1 aliphatic heterocycles. The molecule has 1 N–H and O–H groups in total. The van der Waals surface area contributed by atoms with Crippen molar-refractivity contribution in [2.24, 2.45) is 0 Å². The lowest BCUT2D eigenvalue weighted by atomic mass is 10.1. The van der Waals surface area contributed by atoms with Gasteiger partial charge in [-0.15, -0.1) is 0 Å². The van der Waals surface area contributed by atoms with E-state index in [1.807, 2.05) is 19.1 Å². The van der Waals surface area contributed by atoms with Crippen molar-refractivity contribution < 1.29 is 9.47 Å². The lowest BCUT2D eigenvalue weighted by Gasteiger charge is -2.23. The largest absolute Gasteiger partial charge is 0.493 e. The van der Waals surface area contributed by atoms with Gasteiger partial charge in [-0.05, 0) is 37.3 Å². The Morgan fingerprint density at radius 1 is 1.32 bits per heavy atom. The molecule has 0 amide bonds. The quantitative estimate of drug-likeness (QED) is 0.868. The van der Waals surface area contributed by atoms with Crippen molar-refractivity contribution in [1.82, 2.24) is 5.32 Å². The smallest absolute Gasteiger partial charge is 0.165 e. The Morgan fingerprint density at radius 2 is 2.11 bits per heavy atom. The van der Waals surface area contributed by atoms with Crippen molar-refractivity contribution in [2.45, 2.75) is 32.4 Å².